The van der Waals surface area contributed by atoms with E-state index in [1.54, 1.807) is 18.2 Å². The van der Waals surface area contributed by atoms with Crippen molar-refractivity contribution >= 4 is 49.7 Å². The number of nitrogens with zero attached hydrogens (tertiary/aromatic N) is 1. The van der Waals surface area contributed by atoms with Crippen LogP contribution in [0.3, 0.4) is 0 Å². The van der Waals surface area contributed by atoms with Gasteiger partial charge in [0, 0.05) is 5.02 Å². The van der Waals surface area contributed by atoms with Gasteiger partial charge in [0.15, 0.2) is 11.6 Å². The minimum absolute atomic E-state index is 0.215. The average Bonchev–Trinajstić information content (AvgIpc) is 3.22. The predicted molar refractivity (Wildman–Crippen MR) is 127 cm³/mol. The van der Waals surface area contributed by atoms with Crippen LogP contribution in [0, 0.1) is 0 Å². The van der Waals surface area contributed by atoms with Gasteiger partial charge >= 0.3 is 5.63 Å². The zero-order chi connectivity index (χ0) is 21.8. The summed E-state index contributed by atoms with van der Waals surface area (Å²) in [6.07, 6.45) is 0. The van der Waals surface area contributed by atoms with E-state index in [1.165, 1.54) is 11.3 Å². The van der Waals surface area contributed by atoms with Gasteiger partial charge in [-0.3, -0.25) is 0 Å². The van der Waals surface area contributed by atoms with Crippen LogP contribution >= 0.6 is 22.9 Å². The van der Waals surface area contributed by atoms with Crippen molar-refractivity contribution in [1.29, 1.82) is 0 Å². The number of fused-ring (bicyclic) bond motifs is 4. The molecule has 2 aromatic heterocycles. The van der Waals surface area contributed by atoms with Crippen LogP contribution in [0.15, 0.2) is 87.9 Å². The molecule has 5 nitrogen and oxygen atoms in total. The zero-order valence-electron chi connectivity index (χ0n) is 16.5. The normalized spacial score (nSPS) is 15.7. The Hall–Kier alpha value is -3.61. The maximum atomic E-state index is 13.2. The summed E-state index contributed by atoms with van der Waals surface area (Å²) >= 11 is 7.65. The molecule has 0 bridgehead atoms. The monoisotopic (exact) mass is 458 g/mol. The number of nitrogens with two attached hydrogens (primary N) is 1. The third-order valence-corrected chi connectivity index (χ3v) is 6.90. The minimum Gasteiger partial charge on any atom is -0.440 e. The quantitative estimate of drug-likeness (QED) is 0.333. The molecule has 6 rings (SSSR count). The topological polar surface area (TPSA) is 78.4 Å². The van der Waals surface area contributed by atoms with Gasteiger partial charge in [0.05, 0.1) is 32.7 Å². The fourth-order valence-corrected chi connectivity index (χ4v) is 5.32. The third-order valence-electron chi connectivity index (χ3n) is 5.58. The zero-order valence-corrected chi connectivity index (χ0v) is 18.1. The van der Waals surface area contributed by atoms with Gasteiger partial charge in [0.1, 0.15) is 10.6 Å². The number of hydrogen-bond donors (Lipinski definition) is 1. The molecule has 1 aliphatic rings. The van der Waals surface area contributed by atoms with Gasteiger partial charge < -0.3 is 14.9 Å². The standard InChI is InChI=1S/C25H15ClN2O3S/c26-14-11-9-13(10-12-14)19-20-22(15-5-1-3-7-17(15)30-25(20)29)31-23(27)21(19)24-28-16-6-2-4-8-18(16)32-24/h1-12,19H,27H2. The molecule has 0 saturated carbocycles. The molecule has 3 aromatic carbocycles. The Bertz CT molecular complexity index is 1570. The van der Waals surface area contributed by atoms with Crippen molar-refractivity contribution in [1.82, 2.24) is 4.98 Å². The maximum Gasteiger partial charge on any atom is 0.344 e. The Balaban J connectivity index is 1.67. The highest BCUT2D eigenvalue weighted by molar-refractivity contribution is 7.19. The van der Waals surface area contributed by atoms with Crippen LogP contribution in [0.2, 0.25) is 5.02 Å². The number of halogens is 1. The van der Waals surface area contributed by atoms with Gasteiger partial charge in [0.25, 0.3) is 0 Å². The van der Waals surface area contributed by atoms with E-state index in [-0.39, 0.29) is 5.88 Å². The van der Waals surface area contributed by atoms with E-state index in [1.807, 2.05) is 54.6 Å². The fourth-order valence-electron chi connectivity index (χ4n) is 4.15. The lowest BCUT2D eigenvalue weighted by Crippen LogP contribution is -2.26. The van der Waals surface area contributed by atoms with Gasteiger partial charge in [-0.05, 0) is 42.0 Å². The highest BCUT2D eigenvalue weighted by Gasteiger charge is 2.37. The molecule has 0 saturated heterocycles. The summed E-state index contributed by atoms with van der Waals surface area (Å²) in [7, 11) is 0. The summed E-state index contributed by atoms with van der Waals surface area (Å²) in [5, 5.41) is 1.99. The lowest BCUT2D eigenvalue weighted by atomic mass is 9.83. The molecule has 0 radical (unpaired) electrons. The molecule has 5 aromatic rings. The van der Waals surface area contributed by atoms with Gasteiger partial charge in [0.2, 0.25) is 0 Å². The van der Waals surface area contributed by atoms with Crippen LogP contribution in [0.5, 0.6) is 5.75 Å². The second kappa shape index (κ2) is 7.22. The highest BCUT2D eigenvalue weighted by atomic mass is 35.5. The highest BCUT2D eigenvalue weighted by Crippen LogP contribution is 2.48. The van der Waals surface area contributed by atoms with Crippen molar-refractivity contribution in [3.8, 4) is 5.75 Å². The van der Waals surface area contributed by atoms with E-state index in [0.717, 1.165) is 15.8 Å². The Kier molecular flexibility index (Phi) is 4.31. The van der Waals surface area contributed by atoms with Gasteiger partial charge in [-0.25, -0.2) is 9.78 Å². The molecule has 0 fully saturated rings. The maximum absolute atomic E-state index is 13.2. The van der Waals surface area contributed by atoms with Gasteiger partial charge in [-0.1, -0.05) is 48.0 Å². The van der Waals surface area contributed by atoms with Crippen LogP contribution in [-0.2, 0) is 0 Å². The largest absolute Gasteiger partial charge is 0.440 e. The van der Waals surface area contributed by atoms with E-state index >= 15 is 0 Å². The molecule has 0 spiro atoms. The number of aromatic nitrogens is 1. The molecule has 32 heavy (non-hydrogen) atoms. The number of para-hydroxylation sites is 2. The van der Waals surface area contributed by atoms with Crippen LogP contribution in [0.1, 0.15) is 22.1 Å². The van der Waals surface area contributed by atoms with Crippen molar-refractivity contribution in [2.24, 2.45) is 5.73 Å². The minimum atomic E-state index is -0.516. The van der Waals surface area contributed by atoms with Crippen LogP contribution in [-0.4, -0.2) is 4.98 Å². The molecule has 156 valence electrons. The smallest absolute Gasteiger partial charge is 0.344 e. The first-order chi connectivity index (χ1) is 15.6. The Morgan fingerprint density at radius 1 is 0.969 bits per heavy atom. The summed E-state index contributed by atoms with van der Waals surface area (Å²) in [5.74, 6) is 0.115. The SMILES string of the molecule is NC1=C(c2nc3ccccc3s2)C(c2ccc(Cl)cc2)c2c(c3ccccc3oc2=O)O1. The molecule has 1 unspecified atom stereocenters. The third kappa shape index (κ3) is 2.92. The van der Waals surface area contributed by atoms with Gasteiger partial charge in [-0.2, -0.15) is 0 Å². The Morgan fingerprint density at radius 2 is 1.72 bits per heavy atom. The van der Waals surface area contributed by atoms with Gasteiger partial charge in [-0.15, -0.1) is 11.3 Å². The van der Waals surface area contributed by atoms with Crippen molar-refractivity contribution in [2.75, 3.05) is 0 Å². The molecule has 0 amide bonds. The Labute approximate surface area is 191 Å². The number of thiazole rings is 1. The van der Waals surface area contributed by atoms with Crippen LogP contribution < -0.4 is 16.1 Å². The molecule has 1 aliphatic heterocycles. The number of allylic oxidation sites excluding steroid dienone is 1. The summed E-state index contributed by atoms with van der Waals surface area (Å²) in [4.78, 5) is 18.0. The first kappa shape index (κ1) is 19.1. The molecule has 2 N–H and O–H groups in total. The fraction of sp³-hybridized carbons (Fsp3) is 0.0400. The lowest BCUT2D eigenvalue weighted by molar-refractivity contribution is 0.399. The molecule has 1 atom stereocenters. The molecule has 3 heterocycles. The Morgan fingerprint density at radius 3 is 2.53 bits per heavy atom. The first-order valence-electron chi connectivity index (χ1n) is 9.95. The first-order valence-corrected chi connectivity index (χ1v) is 11.1. The van der Waals surface area contributed by atoms with E-state index in [2.05, 4.69) is 0 Å². The number of hydrogen-bond acceptors (Lipinski definition) is 6. The lowest BCUT2D eigenvalue weighted by Gasteiger charge is -2.28. The van der Waals surface area contributed by atoms with Crippen molar-refractivity contribution in [3.63, 3.8) is 0 Å². The molecule has 7 heteroatoms. The number of rotatable bonds is 2. The van der Waals surface area contributed by atoms with Crippen molar-refractivity contribution in [3.05, 3.63) is 110 Å². The average molecular weight is 459 g/mol. The number of benzene rings is 3. The summed E-state index contributed by atoms with van der Waals surface area (Å²) in [5.41, 5.74) is 9.24. The van der Waals surface area contributed by atoms with E-state index in [9.17, 15) is 4.79 Å². The summed E-state index contributed by atoms with van der Waals surface area (Å²) < 4.78 is 12.8. The molecule has 0 aliphatic carbocycles. The van der Waals surface area contributed by atoms with E-state index in [4.69, 9.17) is 31.5 Å². The molecular formula is C25H15ClN2O3S. The van der Waals surface area contributed by atoms with Crippen molar-refractivity contribution in [2.45, 2.75) is 5.92 Å². The van der Waals surface area contributed by atoms with Crippen LogP contribution in [0.4, 0.5) is 0 Å². The second-order valence-corrected chi connectivity index (χ2v) is 8.95. The summed E-state index contributed by atoms with van der Waals surface area (Å²) in [6.45, 7) is 0. The second-order valence-electron chi connectivity index (χ2n) is 7.48. The molecular weight excluding hydrogens is 444 g/mol. The number of ether oxygens (including phenoxy) is 1. The van der Waals surface area contributed by atoms with Crippen molar-refractivity contribution < 1.29 is 9.15 Å². The van der Waals surface area contributed by atoms with Crippen LogP contribution in [0.25, 0.3) is 26.8 Å². The summed E-state index contributed by atoms with van der Waals surface area (Å²) in [6, 6.07) is 22.5. The van der Waals surface area contributed by atoms with E-state index < -0.39 is 11.5 Å². The van der Waals surface area contributed by atoms with E-state index in [0.29, 0.717) is 37.9 Å². The predicted octanol–water partition coefficient (Wildman–Crippen LogP) is 5.91.